The normalized spacial score (nSPS) is 17.6. The Balaban J connectivity index is 2.04. The summed E-state index contributed by atoms with van der Waals surface area (Å²) in [5, 5.41) is 2.83. The first-order valence-corrected chi connectivity index (χ1v) is 8.39. The lowest BCUT2D eigenvalue weighted by atomic mass is 10.4. The van der Waals surface area contributed by atoms with Crippen LogP contribution in [0.25, 0.3) is 0 Å². The fourth-order valence-corrected chi connectivity index (χ4v) is 2.53. The molecule has 0 aromatic heterocycles. The molecule has 1 atom stereocenters. The second kappa shape index (κ2) is 8.86. The molecule has 0 aliphatic heterocycles. The number of nitrogens with one attached hydrogen (secondary N) is 2. The van der Waals surface area contributed by atoms with E-state index in [1.54, 1.807) is 14.0 Å². The molecular weight excluding hydrogens is 268 g/mol. The van der Waals surface area contributed by atoms with Crippen LogP contribution in [-0.2, 0) is 19.5 Å². The maximum atomic E-state index is 11.9. The average Bonchev–Trinajstić information content (AvgIpc) is 3.18. The van der Waals surface area contributed by atoms with Gasteiger partial charge in [-0.15, -0.1) is 0 Å². The highest BCUT2D eigenvalue weighted by atomic mass is 32.2. The zero-order chi connectivity index (χ0) is 14.1. The molecule has 0 heterocycles. The molecule has 0 amide bonds. The Hall–Kier alpha value is -0.210. The number of rotatable bonds is 12. The molecule has 0 radical (unpaired) electrons. The van der Waals surface area contributed by atoms with E-state index in [1.165, 1.54) is 12.8 Å². The number of hydrogen-bond acceptors (Lipinski definition) is 5. The SMILES string of the molecule is COCCOCCCNS(=O)(=O)C(C)CNC1CC1. The van der Waals surface area contributed by atoms with Gasteiger partial charge in [-0.1, -0.05) is 0 Å². The van der Waals surface area contributed by atoms with Gasteiger partial charge in [-0.25, -0.2) is 13.1 Å². The Morgan fingerprint density at radius 2 is 2.00 bits per heavy atom. The summed E-state index contributed by atoms with van der Waals surface area (Å²) in [6.07, 6.45) is 3.00. The molecule has 114 valence electrons. The molecule has 1 unspecified atom stereocenters. The topological polar surface area (TPSA) is 76.7 Å². The van der Waals surface area contributed by atoms with Crippen molar-refractivity contribution in [3.63, 3.8) is 0 Å². The minimum absolute atomic E-state index is 0.400. The molecule has 1 aliphatic carbocycles. The first-order valence-electron chi connectivity index (χ1n) is 6.85. The van der Waals surface area contributed by atoms with Crippen molar-refractivity contribution in [2.75, 3.05) is 40.0 Å². The highest BCUT2D eigenvalue weighted by molar-refractivity contribution is 7.90. The third-order valence-electron chi connectivity index (χ3n) is 3.00. The predicted molar refractivity (Wildman–Crippen MR) is 74.7 cm³/mol. The highest BCUT2D eigenvalue weighted by Crippen LogP contribution is 2.18. The maximum Gasteiger partial charge on any atom is 0.215 e. The monoisotopic (exact) mass is 294 g/mol. The first-order chi connectivity index (χ1) is 9.06. The van der Waals surface area contributed by atoms with Crippen molar-refractivity contribution in [2.45, 2.75) is 37.5 Å². The summed E-state index contributed by atoms with van der Waals surface area (Å²) in [4.78, 5) is 0. The second-order valence-corrected chi connectivity index (χ2v) is 7.07. The van der Waals surface area contributed by atoms with Crippen LogP contribution < -0.4 is 10.0 Å². The van der Waals surface area contributed by atoms with Gasteiger partial charge in [-0.3, -0.25) is 0 Å². The van der Waals surface area contributed by atoms with E-state index in [9.17, 15) is 8.42 Å². The summed E-state index contributed by atoms with van der Waals surface area (Å²) in [6, 6.07) is 0.534. The van der Waals surface area contributed by atoms with Crippen molar-refractivity contribution < 1.29 is 17.9 Å². The van der Waals surface area contributed by atoms with Gasteiger partial charge in [-0.05, 0) is 26.2 Å². The molecule has 1 saturated carbocycles. The molecule has 0 spiro atoms. The van der Waals surface area contributed by atoms with E-state index in [0.717, 1.165) is 0 Å². The largest absolute Gasteiger partial charge is 0.382 e. The van der Waals surface area contributed by atoms with Crippen molar-refractivity contribution in [2.24, 2.45) is 0 Å². The van der Waals surface area contributed by atoms with Crippen molar-refractivity contribution in [1.29, 1.82) is 0 Å². The summed E-state index contributed by atoms with van der Waals surface area (Å²) in [6.45, 7) is 4.32. The van der Waals surface area contributed by atoms with Crippen LogP contribution in [0.4, 0.5) is 0 Å². The molecule has 0 aromatic rings. The van der Waals surface area contributed by atoms with Gasteiger partial charge < -0.3 is 14.8 Å². The summed E-state index contributed by atoms with van der Waals surface area (Å²) >= 11 is 0. The van der Waals surface area contributed by atoms with Crippen molar-refractivity contribution >= 4 is 10.0 Å². The molecule has 7 heteroatoms. The quantitative estimate of drug-likeness (QED) is 0.499. The van der Waals surface area contributed by atoms with Gasteiger partial charge in [0.1, 0.15) is 0 Å². The Labute approximate surface area is 116 Å². The Kier molecular flexibility index (Phi) is 7.86. The van der Waals surface area contributed by atoms with Crippen molar-refractivity contribution in [3.8, 4) is 0 Å². The van der Waals surface area contributed by atoms with Gasteiger partial charge >= 0.3 is 0 Å². The predicted octanol–water partition coefficient (Wildman–Crippen LogP) is 0.0994. The lowest BCUT2D eigenvalue weighted by Gasteiger charge is -2.14. The summed E-state index contributed by atoms with van der Waals surface area (Å²) < 4.78 is 36.5. The zero-order valence-electron chi connectivity index (χ0n) is 11.9. The van der Waals surface area contributed by atoms with Crippen LogP contribution in [0, 0.1) is 0 Å². The molecule has 1 fully saturated rings. The standard InChI is InChI=1S/C12H26N2O4S/c1-11(10-13-12-4-5-12)19(15,16)14-6-3-7-18-9-8-17-2/h11-14H,3-10H2,1-2H3. The van der Waals surface area contributed by atoms with Crippen LogP contribution in [0.1, 0.15) is 26.2 Å². The smallest absolute Gasteiger partial charge is 0.215 e. The van der Waals surface area contributed by atoms with Gasteiger partial charge in [0.05, 0.1) is 18.5 Å². The van der Waals surface area contributed by atoms with Gasteiger partial charge in [0.25, 0.3) is 0 Å². The van der Waals surface area contributed by atoms with E-state index in [0.29, 0.717) is 45.4 Å². The Bertz CT molecular complexity index is 331. The Morgan fingerprint density at radius 1 is 1.26 bits per heavy atom. The lowest BCUT2D eigenvalue weighted by molar-refractivity contribution is 0.0699. The summed E-state index contributed by atoms with van der Waals surface area (Å²) in [7, 11) is -1.60. The molecule has 6 nitrogen and oxygen atoms in total. The van der Waals surface area contributed by atoms with Crippen LogP contribution in [0.15, 0.2) is 0 Å². The molecule has 2 N–H and O–H groups in total. The molecule has 0 saturated heterocycles. The lowest BCUT2D eigenvalue weighted by Crippen LogP contribution is -2.40. The van der Waals surface area contributed by atoms with Crippen LogP contribution in [-0.4, -0.2) is 59.7 Å². The Morgan fingerprint density at radius 3 is 2.63 bits per heavy atom. The van der Waals surface area contributed by atoms with Gasteiger partial charge in [0, 0.05) is 32.8 Å². The fraction of sp³-hybridized carbons (Fsp3) is 1.00. The van der Waals surface area contributed by atoms with E-state index < -0.39 is 15.3 Å². The number of hydrogen-bond donors (Lipinski definition) is 2. The van der Waals surface area contributed by atoms with Crippen LogP contribution in [0.2, 0.25) is 0 Å². The van der Waals surface area contributed by atoms with Gasteiger partial charge in [-0.2, -0.15) is 0 Å². The van der Waals surface area contributed by atoms with Crippen LogP contribution >= 0.6 is 0 Å². The number of sulfonamides is 1. The van der Waals surface area contributed by atoms with Crippen LogP contribution in [0.3, 0.4) is 0 Å². The third-order valence-corrected chi connectivity index (χ3v) is 4.83. The molecule has 1 aliphatic rings. The molecule has 0 aromatic carbocycles. The average molecular weight is 294 g/mol. The molecule has 0 bridgehead atoms. The van der Waals surface area contributed by atoms with E-state index >= 15 is 0 Å². The second-order valence-electron chi connectivity index (χ2n) is 4.89. The van der Waals surface area contributed by atoms with E-state index in [4.69, 9.17) is 9.47 Å². The van der Waals surface area contributed by atoms with E-state index in [1.807, 2.05) is 0 Å². The minimum Gasteiger partial charge on any atom is -0.382 e. The minimum atomic E-state index is -3.22. The molecule has 19 heavy (non-hydrogen) atoms. The van der Waals surface area contributed by atoms with Crippen molar-refractivity contribution in [1.82, 2.24) is 10.0 Å². The first kappa shape index (κ1) is 16.8. The molecule has 1 rings (SSSR count). The molecular formula is C12H26N2O4S. The van der Waals surface area contributed by atoms with E-state index in [-0.39, 0.29) is 0 Å². The van der Waals surface area contributed by atoms with Crippen molar-refractivity contribution in [3.05, 3.63) is 0 Å². The summed E-state index contributed by atoms with van der Waals surface area (Å²) in [5.41, 5.74) is 0. The van der Waals surface area contributed by atoms with E-state index in [2.05, 4.69) is 10.0 Å². The van der Waals surface area contributed by atoms with Gasteiger partial charge in [0.2, 0.25) is 10.0 Å². The number of methoxy groups -OCH3 is 1. The number of ether oxygens (including phenoxy) is 2. The highest BCUT2D eigenvalue weighted by Gasteiger charge is 2.25. The van der Waals surface area contributed by atoms with Crippen LogP contribution in [0.5, 0.6) is 0 Å². The fourth-order valence-electron chi connectivity index (χ4n) is 1.51. The summed E-state index contributed by atoms with van der Waals surface area (Å²) in [5.74, 6) is 0. The zero-order valence-corrected chi connectivity index (χ0v) is 12.7. The maximum absolute atomic E-state index is 11.9. The third kappa shape index (κ3) is 7.84. The van der Waals surface area contributed by atoms with Gasteiger partial charge in [0.15, 0.2) is 0 Å².